The van der Waals surface area contributed by atoms with E-state index in [0.29, 0.717) is 6.79 Å². The van der Waals surface area contributed by atoms with Crippen LogP contribution in [-0.2, 0) is 6.42 Å². The molecule has 0 N–H and O–H groups in total. The van der Waals surface area contributed by atoms with Gasteiger partial charge in [-0.15, -0.1) is 0 Å². The van der Waals surface area contributed by atoms with E-state index in [0.717, 1.165) is 17.9 Å². The van der Waals surface area contributed by atoms with Crippen LogP contribution in [0.15, 0.2) is 18.2 Å². The molecule has 1 aromatic rings. The van der Waals surface area contributed by atoms with Crippen LogP contribution >= 0.6 is 0 Å². The van der Waals surface area contributed by atoms with E-state index in [1.165, 1.54) is 56.9 Å². The van der Waals surface area contributed by atoms with Crippen LogP contribution in [0.25, 0.3) is 0 Å². The van der Waals surface area contributed by atoms with E-state index >= 15 is 0 Å². The molecule has 2 nitrogen and oxygen atoms in total. The summed E-state index contributed by atoms with van der Waals surface area (Å²) in [6, 6.07) is 6.39. The Morgan fingerprint density at radius 1 is 0.789 bits per heavy atom. The molecule has 103 valence electrons. The lowest BCUT2D eigenvalue weighted by Crippen LogP contribution is -2.02. The average Bonchev–Trinajstić information content (AvgIpc) is 2.91. The van der Waals surface area contributed by atoms with Crippen molar-refractivity contribution in [3.8, 4) is 11.5 Å². The fourth-order valence-corrected chi connectivity index (χ4v) is 3.10. The van der Waals surface area contributed by atoms with Crippen LogP contribution in [0.2, 0.25) is 0 Å². The van der Waals surface area contributed by atoms with E-state index in [1.807, 2.05) is 6.07 Å². The quantitative estimate of drug-likeness (QED) is 0.768. The van der Waals surface area contributed by atoms with Crippen LogP contribution in [0, 0.1) is 5.92 Å². The third-order valence-corrected chi connectivity index (χ3v) is 4.20. The number of ether oxygens (including phenoxy) is 2. The van der Waals surface area contributed by atoms with Gasteiger partial charge in [-0.1, -0.05) is 44.6 Å². The zero-order valence-corrected chi connectivity index (χ0v) is 11.6. The molecule has 0 saturated heterocycles. The van der Waals surface area contributed by atoms with Crippen molar-refractivity contribution in [3.63, 3.8) is 0 Å². The van der Waals surface area contributed by atoms with Gasteiger partial charge in [-0.05, 0) is 42.9 Å². The van der Waals surface area contributed by atoms with Crippen molar-refractivity contribution >= 4 is 0 Å². The fourth-order valence-electron chi connectivity index (χ4n) is 3.10. The summed E-state index contributed by atoms with van der Waals surface area (Å²) < 4.78 is 10.8. The Kier molecular flexibility index (Phi) is 4.27. The Hall–Kier alpha value is -1.18. The molecule has 1 heterocycles. The Labute approximate surface area is 116 Å². The molecule has 1 fully saturated rings. The largest absolute Gasteiger partial charge is 0.454 e. The van der Waals surface area contributed by atoms with E-state index in [-0.39, 0.29) is 0 Å². The molecule has 1 radical (unpaired) electrons. The molecule has 2 aliphatic rings. The number of rotatable bonds is 2. The van der Waals surface area contributed by atoms with Gasteiger partial charge >= 0.3 is 0 Å². The van der Waals surface area contributed by atoms with Gasteiger partial charge in [0.25, 0.3) is 0 Å². The summed E-state index contributed by atoms with van der Waals surface area (Å²) in [5, 5.41) is 0. The molecule has 1 aliphatic heterocycles. The van der Waals surface area contributed by atoms with Crippen molar-refractivity contribution in [2.45, 2.75) is 57.8 Å². The average molecular weight is 259 g/mol. The first-order chi connectivity index (χ1) is 9.42. The number of hydrogen-bond acceptors (Lipinski definition) is 2. The smallest absolute Gasteiger partial charge is 0.231 e. The van der Waals surface area contributed by atoms with Gasteiger partial charge in [0.05, 0.1) is 0 Å². The molecular formula is C17H23O2. The Balaban J connectivity index is 1.62. The van der Waals surface area contributed by atoms with Gasteiger partial charge in [-0.2, -0.15) is 0 Å². The highest BCUT2D eigenvalue weighted by Gasteiger charge is 2.16. The molecule has 3 rings (SSSR count). The monoisotopic (exact) mass is 259 g/mol. The standard InChI is InChI=1S/C17H23O2/c1-2-4-6-8-14(7-5-3-1)11-15-9-10-16-17(12-15)19-13-18-16/h9-10,12H,1-8,11,13H2. The molecular weight excluding hydrogens is 236 g/mol. The predicted octanol–water partition coefficient (Wildman–Crippen LogP) is 4.67. The van der Waals surface area contributed by atoms with Gasteiger partial charge in [-0.25, -0.2) is 0 Å². The summed E-state index contributed by atoms with van der Waals surface area (Å²) in [5.41, 5.74) is 1.37. The lowest BCUT2D eigenvalue weighted by Gasteiger charge is -2.15. The van der Waals surface area contributed by atoms with E-state index in [2.05, 4.69) is 12.1 Å². The molecule has 0 aromatic heterocycles. The first-order valence-corrected chi connectivity index (χ1v) is 7.64. The third-order valence-electron chi connectivity index (χ3n) is 4.20. The first kappa shape index (κ1) is 12.8. The normalized spacial score (nSPS) is 20.6. The van der Waals surface area contributed by atoms with Crippen molar-refractivity contribution in [3.05, 3.63) is 29.7 Å². The van der Waals surface area contributed by atoms with Crippen molar-refractivity contribution in [1.29, 1.82) is 0 Å². The zero-order chi connectivity index (χ0) is 12.9. The van der Waals surface area contributed by atoms with Gasteiger partial charge < -0.3 is 9.47 Å². The van der Waals surface area contributed by atoms with E-state index in [1.54, 1.807) is 5.92 Å². The van der Waals surface area contributed by atoms with E-state index in [9.17, 15) is 0 Å². The van der Waals surface area contributed by atoms with Crippen LogP contribution in [0.1, 0.15) is 56.9 Å². The number of hydrogen-bond donors (Lipinski definition) is 0. The maximum absolute atomic E-state index is 5.46. The van der Waals surface area contributed by atoms with Gasteiger partial charge in [0.15, 0.2) is 11.5 Å². The van der Waals surface area contributed by atoms with E-state index in [4.69, 9.17) is 9.47 Å². The van der Waals surface area contributed by atoms with Crippen molar-refractivity contribution in [2.24, 2.45) is 0 Å². The van der Waals surface area contributed by atoms with E-state index < -0.39 is 0 Å². The highest BCUT2D eigenvalue weighted by molar-refractivity contribution is 5.45. The van der Waals surface area contributed by atoms with Crippen LogP contribution in [0.3, 0.4) is 0 Å². The topological polar surface area (TPSA) is 18.5 Å². The minimum Gasteiger partial charge on any atom is -0.454 e. The lowest BCUT2D eigenvalue weighted by atomic mass is 9.90. The summed E-state index contributed by atoms with van der Waals surface area (Å²) >= 11 is 0. The first-order valence-electron chi connectivity index (χ1n) is 7.64. The molecule has 1 aliphatic carbocycles. The summed E-state index contributed by atoms with van der Waals surface area (Å²) in [5.74, 6) is 3.53. The minimum absolute atomic E-state index is 0.370. The summed E-state index contributed by atoms with van der Waals surface area (Å²) in [6.45, 7) is 0.370. The summed E-state index contributed by atoms with van der Waals surface area (Å²) in [7, 11) is 0. The molecule has 19 heavy (non-hydrogen) atoms. The molecule has 0 bridgehead atoms. The van der Waals surface area contributed by atoms with Gasteiger partial charge in [0, 0.05) is 0 Å². The van der Waals surface area contributed by atoms with Gasteiger partial charge in [0.1, 0.15) is 0 Å². The van der Waals surface area contributed by atoms with Crippen molar-refractivity contribution in [1.82, 2.24) is 0 Å². The molecule has 0 spiro atoms. The molecule has 1 saturated carbocycles. The summed E-state index contributed by atoms with van der Waals surface area (Å²) in [4.78, 5) is 0. The molecule has 1 aromatic carbocycles. The lowest BCUT2D eigenvalue weighted by molar-refractivity contribution is 0.174. The molecule has 0 atom stereocenters. The number of fused-ring (bicyclic) bond motifs is 1. The van der Waals surface area contributed by atoms with Crippen LogP contribution in [-0.4, -0.2) is 6.79 Å². The van der Waals surface area contributed by atoms with Gasteiger partial charge in [0.2, 0.25) is 6.79 Å². The van der Waals surface area contributed by atoms with Crippen LogP contribution in [0.4, 0.5) is 0 Å². The Bertz CT molecular complexity index is 404. The van der Waals surface area contributed by atoms with Crippen molar-refractivity contribution < 1.29 is 9.47 Å². The van der Waals surface area contributed by atoms with Crippen LogP contribution < -0.4 is 9.47 Å². The molecule has 0 amide bonds. The maximum Gasteiger partial charge on any atom is 0.231 e. The summed E-state index contributed by atoms with van der Waals surface area (Å²) in [6.07, 6.45) is 12.2. The maximum atomic E-state index is 5.46. The Morgan fingerprint density at radius 2 is 1.47 bits per heavy atom. The predicted molar refractivity (Wildman–Crippen MR) is 76.4 cm³/mol. The molecule has 2 heteroatoms. The third kappa shape index (κ3) is 3.43. The second kappa shape index (κ2) is 6.31. The second-order valence-electron chi connectivity index (χ2n) is 5.74. The van der Waals surface area contributed by atoms with Crippen molar-refractivity contribution in [2.75, 3.05) is 6.79 Å². The highest BCUT2D eigenvalue weighted by Crippen LogP contribution is 2.34. The van der Waals surface area contributed by atoms with Gasteiger partial charge in [-0.3, -0.25) is 0 Å². The fraction of sp³-hybridized carbons (Fsp3) is 0.588. The molecule has 0 unspecified atom stereocenters. The Morgan fingerprint density at radius 3 is 2.26 bits per heavy atom. The van der Waals surface area contributed by atoms with Crippen LogP contribution in [0.5, 0.6) is 11.5 Å². The minimum atomic E-state index is 0.370. The number of benzene rings is 1. The second-order valence-corrected chi connectivity index (χ2v) is 5.74. The SMILES string of the molecule is c1cc2c(cc1C[C]1CCCCCCCC1)OCO2. The highest BCUT2D eigenvalue weighted by atomic mass is 16.7. The zero-order valence-electron chi connectivity index (χ0n) is 11.6.